The van der Waals surface area contributed by atoms with E-state index in [-0.39, 0.29) is 0 Å². The average molecular weight is 229 g/mol. The van der Waals surface area contributed by atoms with Gasteiger partial charge in [0.2, 0.25) is 0 Å². The van der Waals surface area contributed by atoms with Crippen LogP contribution in [0.1, 0.15) is 44.4 Å². The molecule has 0 unspecified atom stereocenters. The summed E-state index contributed by atoms with van der Waals surface area (Å²) in [5, 5.41) is 4.86. The number of hydrogen-bond donors (Lipinski definition) is 1. The molecule has 0 radical (unpaired) electrons. The van der Waals surface area contributed by atoms with Crippen molar-refractivity contribution in [3.8, 4) is 0 Å². The summed E-state index contributed by atoms with van der Waals surface area (Å²) in [4.78, 5) is 0. The van der Waals surface area contributed by atoms with Crippen LogP contribution in [0.5, 0.6) is 0 Å². The van der Waals surface area contributed by atoms with E-state index in [4.69, 9.17) is 4.42 Å². The minimum atomic E-state index is 0.311. The molecule has 3 rings (SSSR count). The lowest BCUT2D eigenvalue weighted by Crippen LogP contribution is -2.28. The van der Waals surface area contributed by atoms with Crippen LogP contribution in [0.2, 0.25) is 0 Å². The molecular weight excluding hydrogens is 210 g/mol. The lowest BCUT2D eigenvalue weighted by atomic mass is 10.1. The molecule has 90 valence electrons. The van der Waals surface area contributed by atoms with E-state index in [1.54, 1.807) is 0 Å². The van der Waals surface area contributed by atoms with Crippen molar-refractivity contribution in [2.45, 2.75) is 44.7 Å². The monoisotopic (exact) mass is 229 g/mol. The molecule has 1 atom stereocenters. The van der Waals surface area contributed by atoms with Crippen LogP contribution >= 0.6 is 0 Å². The van der Waals surface area contributed by atoms with Crippen molar-refractivity contribution in [1.29, 1.82) is 0 Å². The molecule has 1 fully saturated rings. The van der Waals surface area contributed by atoms with Crippen molar-refractivity contribution in [3.63, 3.8) is 0 Å². The third kappa shape index (κ3) is 2.22. The summed E-state index contributed by atoms with van der Waals surface area (Å²) in [5.74, 6) is 1.05. The van der Waals surface area contributed by atoms with E-state index in [1.165, 1.54) is 31.1 Å². The first-order valence-corrected chi connectivity index (χ1v) is 6.57. The average Bonchev–Trinajstić information content (AvgIpc) is 2.96. The third-order valence-electron chi connectivity index (χ3n) is 3.71. The number of para-hydroxylation sites is 1. The van der Waals surface area contributed by atoms with E-state index in [1.807, 2.05) is 12.1 Å². The van der Waals surface area contributed by atoms with Crippen molar-refractivity contribution >= 4 is 11.0 Å². The summed E-state index contributed by atoms with van der Waals surface area (Å²) in [6.07, 6.45) is 5.35. The summed E-state index contributed by atoms with van der Waals surface area (Å²) >= 11 is 0. The topological polar surface area (TPSA) is 25.2 Å². The van der Waals surface area contributed by atoms with E-state index in [9.17, 15) is 0 Å². The smallest absolute Gasteiger partial charge is 0.134 e. The van der Waals surface area contributed by atoms with Gasteiger partial charge in [-0.25, -0.2) is 0 Å². The number of furan rings is 1. The van der Waals surface area contributed by atoms with Crippen LogP contribution in [0.25, 0.3) is 11.0 Å². The summed E-state index contributed by atoms with van der Waals surface area (Å²) in [6.45, 7) is 2.19. The lowest BCUT2D eigenvalue weighted by Gasteiger charge is -2.16. The molecule has 17 heavy (non-hydrogen) atoms. The molecule has 1 N–H and O–H groups in total. The van der Waals surface area contributed by atoms with E-state index >= 15 is 0 Å². The first kappa shape index (κ1) is 10.8. The molecule has 2 heteroatoms. The quantitative estimate of drug-likeness (QED) is 0.859. The zero-order valence-electron chi connectivity index (χ0n) is 10.3. The van der Waals surface area contributed by atoms with Gasteiger partial charge in [-0.3, -0.25) is 0 Å². The van der Waals surface area contributed by atoms with Gasteiger partial charge in [-0.2, -0.15) is 0 Å². The molecule has 0 aliphatic heterocycles. The van der Waals surface area contributed by atoms with Crippen molar-refractivity contribution in [2.24, 2.45) is 0 Å². The molecule has 1 saturated carbocycles. The number of rotatable bonds is 3. The Bertz CT molecular complexity index is 463. The van der Waals surface area contributed by atoms with Crippen LogP contribution in [-0.2, 0) is 0 Å². The zero-order valence-corrected chi connectivity index (χ0v) is 10.3. The molecule has 1 aliphatic rings. The second-order valence-corrected chi connectivity index (χ2v) is 5.06. The van der Waals surface area contributed by atoms with Gasteiger partial charge < -0.3 is 9.73 Å². The maximum atomic E-state index is 5.88. The fourth-order valence-electron chi connectivity index (χ4n) is 2.74. The van der Waals surface area contributed by atoms with Crippen molar-refractivity contribution in [3.05, 3.63) is 36.1 Å². The molecule has 1 aliphatic carbocycles. The minimum Gasteiger partial charge on any atom is -0.459 e. The Hall–Kier alpha value is -1.28. The Labute approximate surface area is 102 Å². The van der Waals surface area contributed by atoms with Gasteiger partial charge in [0.25, 0.3) is 0 Å². The van der Waals surface area contributed by atoms with Gasteiger partial charge in [0.15, 0.2) is 0 Å². The van der Waals surface area contributed by atoms with Gasteiger partial charge in [0.05, 0.1) is 6.04 Å². The molecule has 0 saturated heterocycles. The van der Waals surface area contributed by atoms with Crippen LogP contribution in [0.3, 0.4) is 0 Å². The predicted molar refractivity (Wildman–Crippen MR) is 70.0 cm³/mol. The fraction of sp³-hybridized carbons (Fsp3) is 0.467. The molecule has 2 nitrogen and oxygen atoms in total. The van der Waals surface area contributed by atoms with Crippen molar-refractivity contribution in [2.75, 3.05) is 0 Å². The highest BCUT2D eigenvalue weighted by Crippen LogP contribution is 2.26. The van der Waals surface area contributed by atoms with Crippen LogP contribution in [-0.4, -0.2) is 6.04 Å². The standard InChI is InChI=1S/C15H19NO/c1-11(16-13-7-3-4-8-13)15-10-12-6-2-5-9-14(12)17-15/h2,5-6,9-11,13,16H,3-4,7-8H2,1H3/t11-/m1/s1. The summed E-state index contributed by atoms with van der Waals surface area (Å²) in [6, 6.07) is 11.3. The number of benzene rings is 1. The van der Waals surface area contributed by atoms with Gasteiger partial charge in [0.1, 0.15) is 11.3 Å². The van der Waals surface area contributed by atoms with E-state index in [2.05, 4.69) is 30.4 Å². The summed E-state index contributed by atoms with van der Waals surface area (Å²) in [5.41, 5.74) is 0.988. The SMILES string of the molecule is C[C@@H](NC1CCCC1)c1cc2ccccc2o1. The third-order valence-corrected chi connectivity index (χ3v) is 3.71. The Morgan fingerprint density at radius 3 is 2.76 bits per heavy atom. The van der Waals surface area contributed by atoms with E-state index in [0.29, 0.717) is 12.1 Å². The summed E-state index contributed by atoms with van der Waals surface area (Å²) < 4.78 is 5.88. The Balaban J connectivity index is 1.77. The molecule has 0 spiro atoms. The molecule has 0 amide bonds. The maximum absolute atomic E-state index is 5.88. The highest BCUT2D eigenvalue weighted by molar-refractivity contribution is 5.77. The second-order valence-electron chi connectivity index (χ2n) is 5.06. The molecular formula is C15H19NO. The van der Waals surface area contributed by atoms with Gasteiger partial charge >= 0.3 is 0 Å². The van der Waals surface area contributed by atoms with E-state index < -0.39 is 0 Å². The summed E-state index contributed by atoms with van der Waals surface area (Å²) in [7, 11) is 0. The Kier molecular flexibility index (Phi) is 2.89. The largest absolute Gasteiger partial charge is 0.459 e. The molecule has 1 aromatic heterocycles. The minimum absolute atomic E-state index is 0.311. The van der Waals surface area contributed by atoms with Crippen LogP contribution in [0.4, 0.5) is 0 Å². The zero-order chi connectivity index (χ0) is 11.7. The second kappa shape index (κ2) is 4.53. The van der Waals surface area contributed by atoms with E-state index in [0.717, 1.165) is 11.3 Å². The maximum Gasteiger partial charge on any atom is 0.134 e. The normalized spacial score (nSPS) is 18.9. The van der Waals surface area contributed by atoms with Gasteiger partial charge in [-0.15, -0.1) is 0 Å². The van der Waals surface area contributed by atoms with Crippen LogP contribution in [0, 0.1) is 0 Å². The lowest BCUT2D eigenvalue weighted by molar-refractivity contribution is 0.401. The van der Waals surface area contributed by atoms with Gasteiger partial charge in [-0.05, 0) is 31.9 Å². The number of hydrogen-bond acceptors (Lipinski definition) is 2. The number of fused-ring (bicyclic) bond motifs is 1. The fourth-order valence-corrected chi connectivity index (χ4v) is 2.74. The molecule has 1 aromatic carbocycles. The van der Waals surface area contributed by atoms with Crippen molar-refractivity contribution < 1.29 is 4.42 Å². The first-order valence-electron chi connectivity index (χ1n) is 6.57. The van der Waals surface area contributed by atoms with Crippen LogP contribution in [0.15, 0.2) is 34.7 Å². The van der Waals surface area contributed by atoms with Gasteiger partial charge in [-0.1, -0.05) is 31.0 Å². The molecule has 2 aromatic rings. The Morgan fingerprint density at radius 1 is 1.24 bits per heavy atom. The van der Waals surface area contributed by atoms with Gasteiger partial charge in [0, 0.05) is 11.4 Å². The highest BCUT2D eigenvalue weighted by atomic mass is 16.3. The molecule has 0 bridgehead atoms. The molecule has 1 heterocycles. The predicted octanol–water partition coefficient (Wildman–Crippen LogP) is 4.03. The highest BCUT2D eigenvalue weighted by Gasteiger charge is 2.19. The van der Waals surface area contributed by atoms with Crippen LogP contribution < -0.4 is 5.32 Å². The van der Waals surface area contributed by atoms with Crippen molar-refractivity contribution in [1.82, 2.24) is 5.32 Å². The Morgan fingerprint density at radius 2 is 2.00 bits per heavy atom. The first-order chi connectivity index (χ1) is 8.33. The number of nitrogens with one attached hydrogen (secondary N) is 1.